The van der Waals surface area contributed by atoms with Crippen molar-refractivity contribution in [2.75, 3.05) is 25.4 Å². The van der Waals surface area contributed by atoms with E-state index in [1.165, 1.54) is 0 Å². The van der Waals surface area contributed by atoms with Crippen molar-refractivity contribution in [1.82, 2.24) is 4.90 Å². The molecule has 5 nitrogen and oxygen atoms in total. The van der Waals surface area contributed by atoms with Gasteiger partial charge in [0.2, 0.25) is 0 Å². The molecule has 118 valence electrons. The lowest BCUT2D eigenvalue weighted by atomic mass is 10.2. The molecule has 0 aromatic heterocycles. The van der Waals surface area contributed by atoms with Crippen LogP contribution in [0.25, 0.3) is 0 Å². The van der Waals surface area contributed by atoms with E-state index in [2.05, 4.69) is 11.8 Å². The quantitative estimate of drug-likeness (QED) is 0.879. The summed E-state index contributed by atoms with van der Waals surface area (Å²) >= 11 is 0. The summed E-state index contributed by atoms with van der Waals surface area (Å²) in [6.45, 7) is 6.47. The summed E-state index contributed by atoms with van der Waals surface area (Å²) in [5.74, 6) is 0.131. The normalized spacial score (nSPS) is 24.1. The van der Waals surface area contributed by atoms with Crippen LogP contribution in [0.4, 0.5) is 0 Å². The van der Waals surface area contributed by atoms with Crippen LogP contribution in [-0.4, -0.2) is 50.9 Å². The molecule has 21 heavy (non-hydrogen) atoms. The third-order valence-electron chi connectivity index (χ3n) is 3.90. The zero-order valence-corrected chi connectivity index (χ0v) is 13.5. The number of nitrogens with two attached hydrogens (primary N) is 1. The van der Waals surface area contributed by atoms with E-state index in [0.717, 1.165) is 12.1 Å². The average Bonchev–Trinajstić information content (AvgIpc) is 2.48. The van der Waals surface area contributed by atoms with Gasteiger partial charge in [-0.1, -0.05) is 12.1 Å². The third kappa shape index (κ3) is 4.26. The summed E-state index contributed by atoms with van der Waals surface area (Å²) < 4.78 is 30.3. The molecule has 0 amide bonds. The topological polar surface area (TPSA) is 72.6 Å². The lowest BCUT2D eigenvalue weighted by molar-refractivity contribution is -0.0469. The Balaban J connectivity index is 2.00. The van der Waals surface area contributed by atoms with Crippen LogP contribution in [0, 0.1) is 0 Å². The number of sulfone groups is 1. The summed E-state index contributed by atoms with van der Waals surface area (Å²) in [4.78, 5) is 2.55. The van der Waals surface area contributed by atoms with E-state index >= 15 is 0 Å². The Morgan fingerprint density at radius 3 is 2.57 bits per heavy atom. The second-order valence-electron chi connectivity index (χ2n) is 5.65. The van der Waals surface area contributed by atoms with Gasteiger partial charge < -0.3 is 10.5 Å². The van der Waals surface area contributed by atoms with Crippen molar-refractivity contribution in [3.05, 3.63) is 29.8 Å². The standard InChI is InChI=1S/C15H24N2O3S/c1-12-11-20-13(2)10-17(12)7-8-21(18,19)15-5-3-14(9-16)4-6-15/h3-6,12-13H,7-11,16H2,1-2H3. The van der Waals surface area contributed by atoms with Crippen LogP contribution in [0.1, 0.15) is 19.4 Å². The summed E-state index contributed by atoms with van der Waals surface area (Å²) in [5, 5.41) is 0. The van der Waals surface area contributed by atoms with Crippen LogP contribution < -0.4 is 5.73 Å². The first kappa shape index (κ1) is 16.4. The second-order valence-corrected chi connectivity index (χ2v) is 7.76. The predicted molar refractivity (Wildman–Crippen MR) is 82.8 cm³/mol. The summed E-state index contributed by atoms with van der Waals surface area (Å²) in [6.07, 6.45) is 0.160. The smallest absolute Gasteiger partial charge is 0.179 e. The second kappa shape index (κ2) is 6.87. The SMILES string of the molecule is CC1CN(CCS(=O)(=O)c2ccc(CN)cc2)C(C)CO1. The molecule has 1 aromatic rings. The molecule has 0 radical (unpaired) electrons. The molecular weight excluding hydrogens is 288 g/mol. The molecule has 2 rings (SSSR count). The highest BCUT2D eigenvalue weighted by atomic mass is 32.2. The van der Waals surface area contributed by atoms with Gasteiger partial charge in [0.1, 0.15) is 0 Å². The van der Waals surface area contributed by atoms with Crippen LogP contribution in [0.3, 0.4) is 0 Å². The number of benzene rings is 1. The Morgan fingerprint density at radius 2 is 1.95 bits per heavy atom. The maximum atomic E-state index is 12.4. The molecule has 1 saturated heterocycles. The number of rotatable bonds is 5. The van der Waals surface area contributed by atoms with Crippen molar-refractivity contribution in [3.8, 4) is 0 Å². The van der Waals surface area contributed by atoms with Gasteiger partial charge in [-0.2, -0.15) is 0 Å². The number of nitrogens with zero attached hydrogens (tertiary/aromatic N) is 1. The fourth-order valence-corrected chi connectivity index (χ4v) is 3.73. The van der Waals surface area contributed by atoms with Gasteiger partial charge in [0.25, 0.3) is 0 Å². The highest BCUT2D eigenvalue weighted by molar-refractivity contribution is 7.91. The van der Waals surface area contributed by atoms with Crippen molar-refractivity contribution in [3.63, 3.8) is 0 Å². The molecule has 1 fully saturated rings. The average molecular weight is 312 g/mol. The predicted octanol–water partition coefficient (Wildman–Crippen LogP) is 1.03. The minimum Gasteiger partial charge on any atom is -0.376 e. The molecule has 1 heterocycles. The first-order valence-electron chi connectivity index (χ1n) is 7.30. The van der Waals surface area contributed by atoms with Gasteiger partial charge in [0.05, 0.1) is 23.4 Å². The molecule has 6 heteroatoms. The summed E-state index contributed by atoms with van der Waals surface area (Å²) in [5.41, 5.74) is 6.46. The number of ether oxygens (including phenoxy) is 1. The number of hydrogen-bond donors (Lipinski definition) is 1. The Labute approximate surface area is 127 Å². The van der Waals surface area contributed by atoms with Crippen LogP contribution in [0.2, 0.25) is 0 Å². The lowest BCUT2D eigenvalue weighted by Crippen LogP contribution is -2.48. The highest BCUT2D eigenvalue weighted by Gasteiger charge is 2.25. The molecule has 1 aliphatic rings. The molecule has 1 aliphatic heterocycles. The van der Waals surface area contributed by atoms with Crippen molar-refractivity contribution in [1.29, 1.82) is 0 Å². The first-order valence-corrected chi connectivity index (χ1v) is 8.95. The van der Waals surface area contributed by atoms with Gasteiger partial charge >= 0.3 is 0 Å². The largest absolute Gasteiger partial charge is 0.376 e. The molecule has 0 spiro atoms. The van der Waals surface area contributed by atoms with E-state index in [1.54, 1.807) is 24.3 Å². The fraction of sp³-hybridized carbons (Fsp3) is 0.600. The summed E-state index contributed by atoms with van der Waals surface area (Å²) in [7, 11) is -3.25. The monoisotopic (exact) mass is 312 g/mol. The molecule has 2 atom stereocenters. The van der Waals surface area contributed by atoms with Crippen LogP contribution in [-0.2, 0) is 21.1 Å². The molecule has 0 saturated carbocycles. The van der Waals surface area contributed by atoms with Gasteiger partial charge in [-0.3, -0.25) is 4.90 Å². The van der Waals surface area contributed by atoms with Crippen LogP contribution >= 0.6 is 0 Å². The van der Waals surface area contributed by atoms with E-state index < -0.39 is 9.84 Å². The zero-order chi connectivity index (χ0) is 15.5. The van der Waals surface area contributed by atoms with Crippen molar-refractivity contribution in [2.24, 2.45) is 5.73 Å². The van der Waals surface area contributed by atoms with Gasteiger partial charge in [-0.25, -0.2) is 8.42 Å². The van der Waals surface area contributed by atoms with E-state index in [-0.39, 0.29) is 17.9 Å². The van der Waals surface area contributed by atoms with E-state index in [4.69, 9.17) is 10.5 Å². The van der Waals surface area contributed by atoms with Gasteiger partial charge in [0, 0.05) is 25.7 Å². The van der Waals surface area contributed by atoms with Gasteiger partial charge in [-0.15, -0.1) is 0 Å². The number of hydrogen-bond acceptors (Lipinski definition) is 5. The maximum Gasteiger partial charge on any atom is 0.179 e. The number of morpholine rings is 1. The van der Waals surface area contributed by atoms with Crippen molar-refractivity contribution < 1.29 is 13.2 Å². The molecule has 0 aliphatic carbocycles. The Kier molecular flexibility index (Phi) is 5.37. The lowest BCUT2D eigenvalue weighted by Gasteiger charge is -2.36. The Bertz CT molecular complexity index is 557. The summed E-state index contributed by atoms with van der Waals surface area (Å²) in [6, 6.07) is 7.08. The van der Waals surface area contributed by atoms with Crippen LogP contribution in [0.5, 0.6) is 0 Å². The molecule has 1 aromatic carbocycles. The van der Waals surface area contributed by atoms with E-state index in [1.807, 2.05) is 6.92 Å². The van der Waals surface area contributed by atoms with E-state index in [0.29, 0.717) is 24.6 Å². The molecule has 0 bridgehead atoms. The Morgan fingerprint density at radius 1 is 1.29 bits per heavy atom. The van der Waals surface area contributed by atoms with Gasteiger partial charge in [-0.05, 0) is 31.5 Å². The Hall–Kier alpha value is -0.950. The van der Waals surface area contributed by atoms with Crippen molar-refractivity contribution >= 4 is 9.84 Å². The fourth-order valence-electron chi connectivity index (χ4n) is 2.47. The minimum absolute atomic E-state index is 0.131. The molecular formula is C15H24N2O3S. The highest BCUT2D eigenvalue weighted by Crippen LogP contribution is 2.15. The third-order valence-corrected chi connectivity index (χ3v) is 5.61. The van der Waals surface area contributed by atoms with Crippen molar-refractivity contribution in [2.45, 2.75) is 37.4 Å². The maximum absolute atomic E-state index is 12.4. The zero-order valence-electron chi connectivity index (χ0n) is 12.7. The van der Waals surface area contributed by atoms with E-state index in [9.17, 15) is 8.42 Å². The van der Waals surface area contributed by atoms with Crippen LogP contribution in [0.15, 0.2) is 29.2 Å². The molecule has 2 N–H and O–H groups in total. The van der Waals surface area contributed by atoms with Gasteiger partial charge in [0.15, 0.2) is 9.84 Å². The molecule has 2 unspecified atom stereocenters. The first-order chi connectivity index (χ1) is 9.92. The minimum atomic E-state index is -3.25.